The number of ether oxygens (including phenoxy) is 1. The van der Waals surface area contributed by atoms with Gasteiger partial charge in [-0.2, -0.15) is 0 Å². The van der Waals surface area contributed by atoms with E-state index in [0.29, 0.717) is 5.92 Å². The zero-order valence-corrected chi connectivity index (χ0v) is 6.61. The molecule has 0 aromatic carbocycles. The fourth-order valence-corrected chi connectivity index (χ4v) is 0.402. The highest BCUT2D eigenvalue weighted by Gasteiger charge is 1.96. The molecule has 0 N–H and O–H groups in total. The van der Waals surface area contributed by atoms with Crippen LogP contribution in [0.5, 0.6) is 0 Å². The van der Waals surface area contributed by atoms with Gasteiger partial charge < -0.3 is 4.74 Å². The molecule has 54 valence electrons. The van der Waals surface area contributed by atoms with Crippen molar-refractivity contribution in [3.05, 3.63) is 12.3 Å². The molecule has 0 radical (unpaired) electrons. The van der Waals surface area contributed by atoms with Gasteiger partial charge in [-0.05, 0) is 12.8 Å². The summed E-state index contributed by atoms with van der Waals surface area (Å²) in [6.45, 7) is 10.7. The monoisotopic (exact) mass is 128 g/mol. The third-order valence-corrected chi connectivity index (χ3v) is 1.31. The number of rotatable bonds is 4. The Morgan fingerprint density at radius 2 is 2.22 bits per heavy atom. The van der Waals surface area contributed by atoms with Crippen molar-refractivity contribution in [1.82, 2.24) is 0 Å². The molecule has 0 aromatic heterocycles. The van der Waals surface area contributed by atoms with Crippen LogP contribution in [0.15, 0.2) is 12.3 Å². The number of hydrogen-bond acceptors (Lipinski definition) is 1. The van der Waals surface area contributed by atoms with Crippen molar-refractivity contribution in [1.29, 1.82) is 0 Å². The van der Waals surface area contributed by atoms with Crippen molar-refractivity contribution in [2.24, 2.45) is 5.92 Å². The Bertz CT molecular complexity index is 86.6. The van der Waals surface area contributed by atoms with Gasteiger partial charge in [0.1, 0.15) is 0 Å². The van der Waals surface area contributed by atoms with Gasteiger partial charge in [-0.15, -0.1) is 0 Å². The van der Waals surface area contributed by atoms with Crippen LogP contribution in [0.4, 0.5) is 0 Å². The van der Waals surface area contributed by atoms with E-state index in [2.05, 4.69) is 20.4 Å². The lowest BCUT2D eigenvalue weighted by molar-refractivity contribution is 0.173. The first-order valence-electron chi connectivity index (χ1n) is 3.45. The first kappa shape index (κ1) is 8.54. The fourth-order valence-electron chi connectivity index (χ4n) is 0.402. The summed E-state index contributed by atoms with van der Waals surface area (Å²) in [5.74, 6) is 1.47. The van der Waals surface area contributed by atoms with E-state index < -0.39 is 0 Å². The second-order valence-corrected chi connectivity index (χ2v) is 2.53. The molecular weight excluding hydrogens is 112 g/mol. The minimum Gasteiger partial charge on any atom is -0.499 e. The maximum absolute atomic E-state index is 5.20. The molecule has 1 unspecified atom stereocenters. The molecule has 1 atom stereocenters. The highest BCUT2D eigenvalue weighted by Crippen LogP contribution is 2.02. The molecule has 0 aliphatic carbocycles. The van der Waals surface area contributed by atoms with E-state index in [1.807, 2.05) is 6.92 Å². The lowest BCUT2D eigenvalue weighted by Gasteiger charge is -2.09. The van der Waals surface area contributed by atoms with E-state index in [1.54, 1.807) is 0 Å². The number of hydrogen-bond donors (Lipinski definition) is 0. The average molecular weight is 128 g/mol. The van der Waals surface area contributed by atoms with Crippen molar-refractivity contribution < 1.29 is 4.74 Å². The van der Waals surface area contributed by atoms with Crippen LogP contribution >= 0.6 is 0 Å². The lowest BCUT2D eigenvalue weighted by Crippen LogP contribution is -2.02. The normalized spacial score (nSPS) is 12.8. The molecule has 0 aliphatic rings. The SMILES string of the molecule is C=C(C)OCC(C)CC. The Morgan fingerprint density at radius 1 is 1.67 bits per heavy atom. The van der Waals surface area contributed by atoms with Gasteiger partial charge in [-0.1, -0.05) is 26.8 Å². The predicted octanol–water partition coefficient (Wildman–Crippen LogP) is 2.58. The molecule has 0 saturated heterocycles. The molecule has 1 heteroatoms. The summed E-state index contributed by atoms with van der Waals surface area (Å²) in [7, 11) is 0. The largest absolute Gasteiger partial charge is 0.499 e. The third-order valence-electron chi connectivity index (χ3n) is 1.31. The third kappa shape index (κ3) is 5.41. The van der Waals surface area contributed by atoms with Crippen molar-refractivity contribution in [2.45, 2.75) is 27.2 Å². The second kappa shape index (κ2) is 4.42. The molecule has 0 fully saturated rings. The minimum atomic E-state index is 0.654. The molecule has 0 amide bonds. The summed E-state index contributed by atoms with van der Waals surface area (Å²) in [4.78, 5) is 0. The van der Waals surface area contributed by atoms with Crippen LogP contribution in [0.1, 0.15) is 27.2 Å². The second-order valence-electron chi connectivity index (χ2n) is 2.53. The van der Waals surface area contributed by atoms with Gasteiger partial charge >= 0.3 is 0 Å². The van der Waals surface area contributed by atoms with Crippen LogP contribution < -0.4 is 0 Å². The first-order chi connectivity index (χ1) is 4.16. The summed E-state index contributed by atoms with van der Waals surface area (Å²) in [6, 6.07) is 0. The summed E-state index contributed by atoms with van der Waals surface area (Å²) in [5.41, 5.74) is 0. The van der Waals surface area contributed by atoms with Gasteiger partial charge in [-0.3, -0.25) is 0 Å². The van der Waals surface area contributed by atoms with Gasteiger partial charge in [0.15, 0.2) is 0 Å². The van der Waals surface area contributed by atoms with E-state index in [1.165, 1.54) is 6.42 Å². The molecule has 0 bridgehead atoms. The maximum Gasteiger partial charge on any atom is 0.0902 e. The van der Waals surface area contributed by atoms with Crippen LogP contribution in [0.3, 0.4) is 0 Å². The maximum atomic E-state index is 5.20. The lowest BCUT2D eigenvalue weighted by atomic mass is 10.1. The molecule has 9 heavy (non-hydrogen) atoms. The highest BCUT2D eigenvalue weighted by atomic mass is 16.5. The first-order valence-corrected chi connectivity index (χ1v) is 3.45. The molecule has 0 aromatic rings. The van der Waals surface area contributed by atoms with Gasteiger partial charge in [0, 0.05) is 0 Å². The Hall–Kier alpha value is -0.460. The van der Waals surface area contributed by atoms with Crippen molar-refractivity contribution in [3.63, 3.8) is 0 Å². The Morgan fingerprint density at radius 3 is 2.56 bits per heavy atom. The van der Waals surface area contributed by atoms with Gasteiger partial charge in [0.2, 0.25) is 0 Å². The van der Waals surface area contributed by atoms with Crippen LogP contribution in [0, 0.1) is 5.92 Å². The average Bonchev–Trinajstić information content (AvgIpc) is 1.83. The standard InChI is InChI=1S/C8H16O/c1-5-8(4)6-9-7(2)3/h8H,2,5-6H2,1,3-4H3. The molecule has 0 aliphatic heterocycles. The topological polar surface area (TPSA) is 9.23 Å². The van der Waals surface area contributed by atoms with Crippen molar-refractivity contribution in [3.8, 4) is 0 Å². The predicted molar refractivity (Wildman–Crippen MR) is 40.2 cm³/mol. The quantitative estimate of drug-likeness (QED) is 0.529. The Labute approximate surface area is 57.7 Å². The van der Waals surface area contributed by atoms with Crippen molar-refractivity contribution >= 4 is 0 Å². The minimum absolute atomic E-state index is 0.654. The van der Waals surface area contributed by atoms with E-state index in [0.717, 1.165) is 12.4 Å². The Balaban J connectivity index is 3.16. The van der Waals surface area contributed by atoms with Gasteiger partial charge in [0.25, 0.3) is 0 Å². The van der Waals surface area contributed by atoms with Gasteiger partial charge in [-0.25, -0.2) is 0 Å². The van der Waals surface area contributed by atoms with Crippen LogP contribution in [0.2, 0.25) is 0 Å². The number of allylic oxidation sites excluding steroid dienone is 1. The molecule has 1 nitrogen and oxygen atoms in total. The smallest absolute Gasteiger partial charge is 0.0902 e. The molecule has 0 saturated carbocycles. The fraction of sp³-hybridized carbons (Fsp3) is 0.750. The summed E-state index contributed by atoms with van der Waals surface area (Å²) in [5, 5.41) is 0. The van der Waals surface area contributed by atoms with Crippen LogP contribution in [-0.4, -0.2) is 6.61 Å². The Kier molecular flexibility index (Phi) is 4.20. The zero-order chi connectivity index (χ0) is 7.28. The summed E-state index contributed by atoms with van der Waals surface area (Å²) >= 11 is 0. The van der Waals surface area contributed by atoms with E-state index >= 15 is 0 Å². The molecule has 0 rings (SSSR count). The van der Waals surface area contributed by atoms with Crippen LogP contribution in [-0.2, 0) is 4.74 Å². The van der Waals surface area contributed by atoms with Crippen LogP contribution in [0.25, 0.3) is 0 Å². The van der Waals surface area contributed by atoms with Crippen molar-refractivity contribution in [2.75, 3.05) is 6.61 Å². The van der Waals surface area contributed by atoms with E-state index in [4.69, 9.17) is 4.74 Å². The molecule has 0 heterocycles. The zero-order valence-electron chi connectivity index (χ0n) is 6.61. The summed E-state index contributed by atoms with van der Waals surface area (Å²) in [6.07, 6.45) is 1.17. The van der Waals surface area contributed by atoms with Gasteiger partial charge in [0.05, 0.1) is 12.4 Å². The molecular formula is C8H16O. The highest BCUT2D eigenvalue weighted by molar-refractivity contribution is 4.73. The summed E-state index contributed by atoms with van der Waals surface area (Å²) < 4.78 is 5.20. The van der Waals surface area contributed by atoms with E-state index in [9.17, 15) is 0 Å². The molecule has 0 spiro atoms. The van der Waals surface area contributed by atoms with E-state index in [-0.39, 0.29) is 0 Å².